The van der Waals surface area contributed by atoms with Crippen molar-refractivity contribution in [2.75, 3.05) is 14.1 Å². The van der Waals surface area contributed by atoms with Crippen LogP contribution in [0.3, 0.4) is 0 Å². The Morgan fingerprint density at radius 2 is 1.63 bits per heavy atom. The Morgan fingerprint density at radius 1 is 0.974 bits per heavy atom. The van der Waals surface area contributed by atoms with E-state index in [1.165, 1.54) is 46.1 Å². The van der Waals surface area contributed by atoms with Gasteiger partial charge in [0, 0.05) is 38.9 Å². The van der Waals surface area contributed by atoms with Gasteiger partial charge in [-0.2, -0.15) is 0 Å². The molecule has 0 aliphatic heterocycles. The molecule has 4 rings (SSSR count). The van der Waals surface area contributed by atoms with Crippen molar-refractivity contribution in [3.63, 3.8) is 0 Å². The topological polar surface area (TPSA) is 118 Å². The second-order valence-corrected chi connectivity index (χ2v) is 10.9. The Kier molecular flexibility index (Phi) is 7.47. The van der Waals surface area contributed by atoms with Crippen molar-refractivity contribution in [1.29, 1.82) is 0 Å². The van der Waals surface area contributed by atoms with E-state index in [9.17, 15) is 23.1 Å². The average Bonchev–Trinajstić information content (AvgIpc) is 3.18. The molecule has 1 N–H and O–H groups in total. The number of esters is 1. The van der Waals surface area contributed by atoms with E-state index in [0.29, 0.717) is 27.9 Å². The summed E-state index contributed by atoms with van der Waals surface area (Å²) in [5, 5.41) is 11.7. The third-order valence-corrected chi connectivity index (χ3v) is 7.72. The minimum Gasteiger partial charge on any atom is -0.494 e. The Labute approximate surface area is 220 Å². The van der Waals surface area contributed by atoms with E-state index in [4.69, 9.17) is 9.73 Å². The average molecular weight is 534 g/mol. The number of carbonyl (C=O) groups excluding carboxylic acids is 2. The number of nitrogens with zero attached hydrogens (tertiary/aromatic N) is 3. The summed E-state index contributed by atoms with van der Waals surface area (Å²) in [4.78, 5) is 28.5. The molecular formula is C28H27N3O6S. The van der Waals surface area contributed by atoms with Gasteiger partial charge in [0.15, 0.2) is 0 Å². The van der Waals surface area contributed by atoms with Crippen LogP contribution < -0.4 is 0 Å². The zero-order valence-electron chi connectivity index (χ0n) is 21.4. The van der Waals surface area contributed by atoms with Crippen LogP contribution in [0.5, 0.6) is 5.88 Å². The maximum Gasteiger partial charge on any atom is 0.302 e. The lowest BCUT2D eigenvalue weighted by molar-refractivity contribution is -0.142. The molecule has 4 aromatic rings. The second-order valence-electron chi connectivity index (χ2n) is 8.79. The molecule has 3 aromatic carbocycles. The first kappa shape index (κ1) is 26.8. The predicted octanol–water partition coefficient (Wildman–Crippen LogP) is 4.49. The fourth-order valence-electron chi connectivity index (χ4n) is 4.02. The summed E-state index contributed by atoms with van der Waals surface area (Å²) in [5.74, 6) is -1.17. The molecule has 0 aliphatic rings. The number of rotatable bonds is 7. The summed E-state index contributed by atoms with van der Waals surface area (Å²) < 4.78 is 33.1. The van der Waals surface area contributed by atoms with Crippen LogP contribution in [0.4, 0.5) is 5.69 Å². The van der Waals surface area contributed by atoms with Crippen molar-refractivity contribution in [2.45, 2.75) is 25.3 Å². The highest BCUT2D eigenvalue weighted by molar-refractivity contribution is 7.89. The lowest BCUT2D eigenvalue weighted by Gasteiger charge is -2.12. The van der Waals surface area contributed by atoms with E-state index >= 15 is 0 Å². The molecule has 0 aliphatic carbocycles. The quantitative estimate of drug-likeness (QED) is 0.276. The van der Waals surface area contributed by atoms with Crippen molar-refractivity contribution >= 4 is 44.2 Å². The summed E-state index contributed by atoms with van der Waals surface area (Å²) >= 11 is 0. The highest BCUT2D eigenvalue weighted by Crippen LogP contribution is 2.36. The first-order valence-corrected chi connectivity index (χ1v) is 13.1. The predicted molar refractivity (Wildman–Crippen MR) is 144 cm³/mol. The summed E-state index contributed by atoms with van der Waals surface area (Å²) in [6.07, 6.45) is 0. The van der Waals surface area contributed by atoms with Gasteiger partial charge in [0.1, 0.15) is 6.61 Å². The number of aromatic hydroxyl groups is 1. The molecule has 196 valence electrons. The van der Waals surface area contributed by atoms with E-state index in [-0.39, 0.29) is 28.9 Å². The highest BCUT2D eigenvalue weighted by atomic mass is 32.2. The minimum absolute atomic E-state index is 0.0131. The van der Waals surface area contributed by atoms with Crippen molar-refractivity contribution in [2.24, 2.45) is 4.99 Å². The molecule has 0 fully saturated rings. The number of carbonyl (C=O) groups is 2. The molecule has 1 aromatic heterocycles. The lowest BCUT2D eigenvalue weighted by atomic mass is 10.0. The molecule has 0 unspecified atom stereocenters. The molecule has 0 saturated carbocycles. The summed E-state index contributed by atoms with van der Waals surface area (Å²) in [6.45, 7) is 2.78. The Bertz CT molecular complexity index is 1650. The third-order valence-electron chi connectivity index (χ3n) is 5.91. The second kappa shape index (κ2) is 10.6. The van der Waals surface area contributed by atoms with Crippen molar-refractivity contribution in [3.05, 3.63) is 89.5 Å². The van der Waals surface area contributed by atoms with Gasteiger partial charge in [-0.1, -0.05) is 42.5 Å². The van der Waals surface area contributed by atoms with Gasteiger partial charge in [0.2, 0.25) is 21.8 Å². The number of aromatic nitrogens is 1. The van der Waals surface area contributed by atoms with Gasteiger partial charge in [0.25, 0.3) is 0 Å². The number of fused-ring (bicyclic) bond motifs is 1. The van der Waals surface area contributed by atoms with E-state index < -0.39 is 15.9 Å². The molecule has 38 heavy (non-hydrogen) atoms. The van der Waals surface area contributed by atoms with E-state index in [1.54, 1.807) is 24.3 Å². The van der Waals surface area contributed by atoms with E-state index in [1.807, 2.05) is 30.3 Å². The zero-order valence-corrected chi connectivity index (χ0v) is 22.2. The van der Waals surface area contributed by atoms with Crippen LogP contribution in [-0.4, -0.2) is 54.1 Å². The van der Waals surface area contributed by atoms with Crippen LogP contribution in [-0.2, 0) is 26.2 Å². The van der Waals surface area contributed by atoms with Gasteiger partial charge in [-0.05, 0) is 35.9 Å². The summed E-state index contributed by atoms with van der Waals surface area (Å²) in [5.41, 5.74) is 2.88. The maximum absolute atomic E-state index is 12.9. The van der Waals surface area contributed by atoms with E-state index in [2.05, 4.69) is 0 Å². The molecule has 0 amide bonds. The molecule has 0 atom stereocenters. The zero-order chi connectivity index (χ0) is 27.6. The van der Waals surface area contributed by atoms with Gasteiger partial charge in [-0.25, -0.2) is 17.7 Å². The maximum atomic E-state index is 12.9. The van der Waals surface area contributed by atoms with Crippen molar-refractivity contribution in [1.82, 2.24) is 8.87 Å². The van der Waals surface area contributed by atoms with Gasteiger partial charge in [-0.15, -0.1) is 0 Å². The molecule has 0 spiro atoms. The molecule has 9 nitrogen and oxygen atoms in total. The Morgan fingerprint density at radius 3 is 2.21 bits per heavy atom. The highest BCUT2D eigenvalue weighted by Gasteiger charge is 2.26. The normalized spacial score (nSPS) is 12.2. The molecule has 1 heterocycles. The number of sulfonamides is 1. The van der Waals surface area contributed by atoms with Crippen LogP contribution >= 0.6 is 0 Å². The number of hydrogen-bond donors (Lipinski definition) is 1. The largest absolute Gasteiger partial charge is 0.494 e. The monoisotopic (exact) mass is 533 g/mol. The van der Waals surface area contributed by atoms with Crippen LogP contribution in [0.2, 0.25) is 0 Å². The molecule has 0 bridgehead atoms. The summed E-state index contributed by atoms with van der Waals surface area (Å²) in [6, 6.07) is 20.5. The van der Waals surface area contributed by atoms with Crippen LogP contribution in [0.15, 0.2) is 82.7 Å². The fraction of sp³-hybridized carbons (Fsp3) is 0.179. The number of hydrogen-bond acceptors (Lipinski definition) is 7. The smallest absolute Gasteiger partial charge is 0.302 e. The first-order chi connectivity index (χ1) is 18.0. The molecule has 0 radical (unpaired) electrons. The number of ether oxygens (including phenoxy) is 1. The van der Waals surface area contributed by atoms with Gasteiger partial charge < -0.3 is 9.84 Å². The third kappa shape index (κ3) is 5.22. The van der Waals surface area contributed by atoms with Gasteiger partial charge in [0.05, 0.1) is 27.4 Å². The van der Waals surface area contributed by atoms with E-state index in [0.717, 1.165) is 14.4 Å². The lowest BCUT2D eigenvalue weighted by Crippen LogP contribution is -2.22. The van der Waals surface area contributed by atoms with Crippen molar-refractivity contribution < 1.29 is 27.9 Å². The molecular weight excluding hydrogens is 506 g/mol. The van der Waals surface area contributed by atoms with Crippen LogP contribution in [0.1, 0.15) is 35.3 Å². The SMILES string of the molecule is CC(=O)OCc1ccc(N=C(c2ccccc2)c2c(O)n(C(C)=O)c3ccc(S(=O)(=O)N(C)C)cc23)cc1. The standard InChI is InChI=1S/C28H27N3O6S/c1-18(32)31-25-15-14-23(38(35,36)30(3)4)16-24(25)26(28(31)34)27(21-8-6-5-7-9-21)29-22-12-10-20(11-13-22)17-37-19(2)33/h5-16,34H,17H2,1-4H3. The minimum atomic E-state index is -3.79. The first-order valence-electron chi connectivity index (χ1n) is 11.7. The number of benzene rings is 3. The molecule has 0 saturated heterocycles. The Balaban J connectivity index is 1.98. The fourth-order valence-corrected chi connectivity index (χ4v) is 4.95. The van der Waals surface area contributed by atoms with Gasteiger partial charge in [-0.3, -0.25) is 14.2 Å². The molecule has 10 heteroatoms. The summed E-state index contributed by atoms with van der Waals surface area (Å²) in [7, 11) is -0.930. The Hall–Kier alpha value is -4.28. The van der Waals surface area contributed by atoms with Crippen LogP contribution in [0.25, 0.3) is 10.9 Å². The van der Waals surface area contributed by atoms with Crippen LogP contribution in [0, 0.1) is 0 Å². The van der Waals surface area contributed by atoms with Crippen molar-refractivity contribution in [3.8, 4) is 5.88 Å². The number of aliphatic imine (C=N–C) groups is 1. The van der Waals surface area contributed by atoms with Gasteiger partial charge >= 0.3 is 5.97 Å².